The maximum atomic E-state index is 11.9. The first kappa shape index (κ1) is 18.4. The van der Waals surface area contributed by atoms with Crippen LogP contribution in [-0.2, 0) is 19.1 Å². The van der Waals surface area contributed by atoms with Gasteiger partial charge in [0.1, 0.15) is 0 Å². The van der Waals surface area contributed by atoms with Crippen molar-refractivity contribution in [3.05, 3.63) is 12.2 Å². The van der Waals surface area contributed by atoms with E-state index in [2.05, 4.69) is 26.0 Å². The zero-order valence-corrected chi connectivity index (χ0v) is 15.7. The molecule has 140 valence electrons. The number of hydrogen-bond donors (Lipinski definition) is 1. The van der Waals surface area contributed by atoms with Gasteiger partial charge in [0, 0.05) is 0 Å². The molecule has 2 heterocycles. The van der Waals surface area contributed by atoms with Gasteiger partial charge in [-0.1, -0.05) is 32.9 Å². The molecule has 1 saturated heterocycles. The fraction of sp³-hybridized carbons (Fsp3) is 0.800. The van der Waals surface area contributed by atoms with E-state index in [4.69, 9.17) is 9.47 Å². The third-order valence-electron chi connectivity index (χ3n) is 7.48. The Kier molecular flexibility index (Phi) is 4.73. The van der Waals surface area contributed by atoms with Crippen molar-refractivity contribution in [2.24, 2.45) is 28.6 Å². The number of carboxylic acid groups (broad SMARTS) is 1. The number of aliphatic carboxylic acids is 1. The standard InChI is InChI=1S/C13H20O4.C7H10O/c1-12(2)7-5-6-13(12,3)9(11(16)17-4)8(7)10(14)15;1-2-6-4-5-7(3-1)8-6/h7-9H,5-6H2,1-4H3,(H,14,15);1-2,6-7H,3-5H2. The fourth-order valence-electron chi connectivity index (χ4n) is 5.65. The Morgan fingerprint density at radius 3 is 2.48 bits per heavy atom. The van der Waals surface area contributed by atoms with E-state index in [0.29, 0.717) is 12.2 Å². The van der Waals surface area contributed by atoms with Crippen LogP contribution in [-0.4, -0.2) is 36.4 Å². The molecule has 5 heteroatoms. The highest BCUT2D eigenvalue weighted by Crippen LogP contribution is 2.70. The smallest absolute Gasteiger partial charge is 0.310 e. The summed E-state index contributed by atoms with van der Waals surface area (Å²) >= 11 is 0. The zero-order valence-electron chi connectivity index (χ0n) is 15.7. The van der Waals surface area contributed by atoms with Gasteiger partial charge in [0.15, 0.2) is 0 Å². The average Bonchev–Trinajstić information content (AvgIpc) is 3.08. The van der Waals surface area contributed by atoms with Gasteiger partial charge in [0.2, 0.25) is 0 Å². The van der Waals surface area contributed by atoms with Crippen molar-refractivity contribution in [2.45, 2.75) is 65.1 Å². The van der Waals surface area contributed by atoms with Crippen molar-refractivity contribution in [1.29, 1.82) is 0 Å². The number of methoxy groups -OCH3 is 1. The Morgan fingerprint density at radius 1 is 1.20 bits per heavy atom. The molecule has 2 saturated carbocycles. The van der Waals surface area contributed by atoms with Gasteiger partial charge in [-0.2, -0.15) is 0 Å². The molecule has 5 nitrogen and oxygen atoms in total. The van der Waals surface area contributed by atoms with E-state index in [1.54, 1.807) is 0 Å². The molecule has 0 amide bonds. The van der Waals surface area contributed by atoms with E-state index in [9.17, 15) is 14.7 Å². The van der Waals surface area contributed by atoms with E-state index in [1.807, 2.05) is 6.92 Å². The molecule has 1 N–H and O–H groups in total. The maximum absolute atomic E-state index is 11.9. The van der Waals surface area contributed by atoms with Crippen LogP contribution in [0, 0.1) is 28.6 Å². The number of rotatable bonds is 2. The van der Waals surface area contributed by atoms with Crippen LogP contribution >= 0.6 is 0 Å². The van der Waals surface area contributed by atoms with Crippen molar-refractivity contribution in [3.63, 3.8) is 0 Å². The van der Waals surface area contributed by atoms with Crippen molar-refractivity contribution in [2.75, 3.05) is 7.11 Å². The summed E-state index contributed by atoms with van der Waals surface area (Å²) in [5, 5.41) is 9.39. The molecule has 6 atom stereocenters. The minimum atomic E-state index is -0.859. The monoisotopic (exact) mass is 350 g/mol. The van der Waals surface area contributed by atoms with Gasteiger partial charge in [-0.3, -0.25) is 9.59 Å². The zero-order chi connectivity index (χ0) is 18.4. The molecule has 0 aromatic heterocycles. The summed E-state index contributed by atoms with van der Waals surface area (Å²) in [5.74, 6) is -2.24. The van der Waals surface area contributed by atoms with Crippen molar-refractivity contribution in [1.82, 2.24) is 0 Å². The van der Waals surface area contributed by atoms with E-state index >= 15 is 0 Å². The van der Waals surface area contributed by atoms with Crippen LogP contribution in [0.25, 0.3) is 0 Å². The molecule has 6 unspecified atom stereocenters. The molecule has 0 spiro atoms. The highest BCUT2D eigenvalue weighted by molar-refractivity contribution is 5.83. The molecule has 4 rings (SSSR count). The second-order valence-electron chi connectivity index (χ2n) is 8.69. The maximum Gasteiger partial charge on any atom is 0.310 e. The highest BCUT2D eigenvalue weighted by atomic mass is 16.5. The third-order valence-corrected chi connectivity index (χ3v) is 7.48. The fourth-order valence-corrected chi connectivity index (χ4v) is 5.65. The van der Waals surface area contributed by atoms with Gasteiger partial charge < -0.3 is 14.6 Å². The van der Waals surface area contributed by atoms with Crippen LogP contribution in [0.5, 0.6) is 0 Å². The second kappa shape index (κ2) is 6.42. The molecule has 3 fully saturated rings. The van der Waals surface area contributed by atoms with Crippen molar-refractivity contribution >= 4 is 11.9 Å². The number of carbonyl (C=O) groups excluding carboxylic acids is 1. The predicted molar refractivity (Wildman–Crippen MR) is 92.9 cm³/mol. The van der Waals surface area contributed by atoms with Gasteiger partial charge in [-0.15, -0.1) is 0 Å². The van der Waals surface area contributed by atoms with Gasteiger partial charge >= 0.3 is 11.9 Å². The third kappa shape index (κ3) is 2.80. The summed E-state index contributed by atoms with van der Waals surface area (Å²) in [4.78, 5) is 23.4. The number of fused-ring (bicyclic) bond motifs is 4. The summed E-state index contributed by atoms with van der Waals surface area (Å²) in [7, 11) is 1.34. The molecular formula is C20H30O5. The summed E-state index contributed by atoms with van der Waals surface area (Å²) < 4.78 is 10.3. The molecule has 25 heavy (non-hydrogen) atoms. The van der Waals surface area contributed by atoms with E-state index in [0.717, 1.165) is 19.3 Å². The minimum Gasteiger partial charge on any atom is -0.481 e. The minimum absolute atomic E-state index is 0.0779. The Balaban J connectivity index is 0.000000188. The van der Waals surface area contributed by atoms with E-state index < -0.39 is 17.8 Å². The number of carboxylic acids is 1. The van der Waals surface area contributed by atoms with Crippen LogP contribution in [0.2, 0.25) is 0 Å². The summed E-state index contributed by atoms with van der Waals surface area (Å²) in [5.41, 5.74) is -0.372. The Hall–Kier alpha value is -1.36. The quantitative estimate of drug-likeness (QED) is 0.610. The first-order chi connectivity index (χ1) is 11.7. The van der Waals surface area contributed by atoms with Crippen LogP contribution < -0.4 is 0 Å². The van der Waals surface area contributed by atoms with Crippen molar-refractivity contribution in [3.8, 4) is 0 Å². The molecular weight excluding hydrogens is 320 g/mol. The lowest BCUT2D eigenvalue weighted by molar-refractivity contribution is -0.161. The predicted octanol–water partition coefficient (Wildman–Crippen LogP) is 3.43. The lowest BCUT2D eigenvalue weighted by Crippen LogP contribution is -2.41. The molecule has 2 aliphatic heterocycles. The number of esters is 1. The largest absolute Gasteiger partial charge is 0.481 e. The van der Waals surface area contributed by atoms with Crippen molar-refractivity contribution < 1.29 is 24.2 Å². The number of carbonyl (C=O) groups is 2. The lowest BCUT2D eigenvalue weighted by atomic mass is 9.66. The van der Waals surface area contributed by atoms with Crippen LogP contribution in [0.1, 0.15) is 52.9 Å². The molecule has 4 bridgehead atoms. The van der Waals surface area contributed by atoms with Gasteiger partial charge in [-0.05, 0) is 48.9 Å². The number of hydrogen-bond acceptors (Lipinski definition) is 4. The molecule has 0 radical (unpaired) electrons. The summed E-state index contributed by atoms with van der Waals surface area (Å²) in [6, 6.07) is 0. The summed E-state index contributed by atoms with van der Waals surface area (Å²) in [6.45, 7) is 6.21. The molecule has 2 aliphatic carbocycles. The highest BCUT2D eigenvalue weighted by Gasteiger charge is 2.70. The Morgan fingerprint density at radius 2 is 1.92 bits per heavy atom. The average molecular weight is 350 g/mol. The Bertz CT molecular complexity index is 581. The molecule has 0 aromatic rings. The van der Waals surface area contributed by atoms with Crippen LogP contribution in [0.4, 0.5) is 0 Å². The van der Waals surface area contributed by atoms with Crippen LogP contribution in [0.3, 0.4) is 0 Å². The van der Waals surface area contributed by atoms with Gasteiger partial charge in [0.05, 0.1) is 31.2 Å². The second-order valence-corrected chi connectivity index (χ2v) is 8.69. The summed E-state index contributed by atoms with van der Waals surface area (Å²) in [6.07, 6.45) is 11.0. The normalized spacial score (nSPS) is 42.6. The topological polar surface area (TPSA) is 72.8 Å². The first-order valence-electron chi connectivity index (χ1n) is 9.35. The molecule has 0 aromatic carbocycles. The SMILES string of the molecule is C1=CC2CCC(C1)O2.COC(=O)C1C(C(=O)O)C2CCC1(C)C2(C)C. The number of ether oxygens (including phenoxy) is 2. The molecule has 4 aliphatic rings. The van der Waals surface area contributed by atoms with Gasteiger partial charge in [-0.25, -0.2) is 0 Å². The first-order valence-corrected chi connectivity index (χ1v) is 9.35. The lowest BCUT2D eigenvalue weighted by Gasteiger charge is -2.38. The Labute approximate surface area is 149 Å². The van der Waals surface area contributed by atoms with Gasteiger partial charge in [0.25, 0.3) is 0 Å². The van der Waals surface area contributed by atoms with Crippen LogP contribution in [0.15, 0.2) is 12.2 Å². The van der Waals surface area contributed by atoms with E-state index in [1.165, 1.54) is 20.0 Å². The van der Waals surface area contributed by atoms with E-state index in [-0.39, 0.29) is 22.7 Å².